The molecule has 0 radical (unpaired) electrons. The van der Waals surface area contributed by atoms with Crippen molar-refractivity contribution in [2.45, 2.75) is 39.2 Å². The molecule has 1 saturated heterocycles. The van der Waals surface area contributed by atoms with Gasteiger partial charge in [0.1, 0.15) is 6.04 Å². The van der Waals surface area contributed by atoms with Crippen LogP contribution < -0.4 is 0 Å². The second-order valence-corrected chi connectivity index (χ2v) is 4.83. The molecule has 0 aromatic carbocycles. The first-order valence-electron chi connectivity index (χ1n) is 6.16. The van der Waals surface area contributed by atoms with Gasteiger partial charge in [0.15, 0.2) is 0 Å². The monoisotopic (exact) mass is 229 g/mol. The normalized spacial score (nSPS) is 21.8. The summed E-state index contributed by atoms with van der Waals surface area (Å²) in [5, 5.41) is 8.98. The average molecular weight is 229 g/mol. The molecule has 4 heteroatoms. The third-order valence-electron chi connectivity index (χ3n) is 3.01. The molecule has 1 aliphatic rings. The van der Waals surface area contributed by atoms with Gasteiger partial charge in [-0.3, -0.25) is 9.69 Å². The molecular formula is C12H23NO3. The van der Waals surface area contributed by atoms with Crippen molar-refractivity contribution in [2.75, 3.05) is 26.3 Å². The summed E-state index contributed by atoms with van der Waals surface area (Å²) in [6.45, 7) is 7.41. The van der Waals surface area contributed by atoms with Crippen LogP contribution in [0.3, 0.4) is 0 Å². The van der Waals surface area contributed by atoms with Gasteiger partial charge >= 0.3 is 5.97 Å². The number of rotatable bonds is 7. The molecule has 1 N–H and O–H groups in total. The Kier molecular flexibility index (Phi) is 5.77. The van der Waals surface area contributed by atoms with Gasteiger partial charge in [0, 0.05) is 13.2 Å². The summed E-state index contributed by atoms with van der Waals surface area (Å²) in [6.07, 6.45) is 2.84. The maximum atomic E-state index is 10.9. The van der Waals surface area contributed by atoms with Gasteiger partial charge in [-0.2, -0.15) is 0 Å². The molecule has 1 rings (SSSR count). The van der Waals surface area contributed by atoms with E-state index in [1.165, 1.54) is 0 Å². The summed E-state index contributed by atoms with van der Waals surface area (Å²) in [7, 11) is 0. The van der Waals surface area contributed by atoms with Crippen molar-refractivity contribution in [2.24, 2.45) is 5.92 Å². The largest absolute Gasteiger partial charge is 0.480 e. The van der Waals surface area contributed by atoms with Crippen LogP contribution >= 0.6 is 0 Å². The first kappa shape index (κ1) is 13.5. The van der Waals surface area contributed by atoms with Crippen LogP contribution in [-0.4, -0.2) is 48.3 Å². The fourth-order valence-electron chi connectivity index (χ4n) is 1.98. The number of carboxylic acid groups (broad SMARTS) is 1. The molecular weight excluding hydrogens is 206 g/mol. The molecule has 1 fully saturated rings. The van der Waals surface area contributed by atoms with Crippen LogP contribution in [0, 0.1) is 5.92 Å². The van der Waals surface area contributed by atoms with E-state index in [-0.39, 0.29) is 6.04 Å². The topological polar surface area (TPSA) is 49.8 Å². The molecule has 1 aliphatic heterocycles. The number of nitrogens with zero attached hydrogens (tertiary/aromatic N) is 1. The second-order valence-electron chi connectivity index (χ2n) is 4.83. The quantitative estimate of drug-likeness (QED) is 0.674. The van der Waals surface area contributed by atoms with E-state index in [2.05, 4.69) is 13.8 Å². The Hall–Kier alpha value is -0.610. The Morgan fingerprint density at radius 3 is 2.88 bits per heavy atom. The number of hydrogen-bond donors (Lipinski definition) is 1. The molecule has 94 valence electrons. The van der Waals surface area contributed by atoms with Crippen LogP contribution in [0.1, 0.15) is 33.1 Å². The average Bonchev–Trinajstić information content (AvgIpc) is 2.65. The van der Waals surface area contributed by atoms with E-state index >= 15 is 0 Å². The van der Waals surface area contributed by atoms with Crippen molar-refractivity contribution in [3.05, 3.63) is 0 Å². The summed E-state index contributed by atoms with van der Waals surface area (Å²) < 4.78 is 5.50. The molecule has 0 saturated carbocycles. The molecule has 16 heavy (non-hydrogen) atoms. The van der Waals surface area contributed by atoms with Crippen LogP contribution in [0.15, 0.2) is 0 Å². The Morgan fingerprint density at radius 2 is 2.25 bits per heavy atom. The first-order valence-corrected chi connectivity index (χ1v) is 6.16. The fourth-order valence-corrected chi connectivity index (χ4v) is 1.98. The van der Waals surface area contributed by atoms with E-state index in [1.807, 2.05) is 4.90 Å². The molecule has 0 spiro atoms. The zero-order valence-electron chi connectivity index (χ0n) is 10.3. The van der Waals surface area contributed by atoms with Crippen molar-refractivity contribution in [3.8, 4) is 0 Å². The SMILES string of the molecule is CC(C)CCOCCN1CCC[C@H]1C(=O)O. The molecule has 0 aliphatic carbocycles. The van der Waals surface area contributed by atoms with Crippen LogP contribution in [0.25, 0.3) is 0 Å². The lowest BCUT2D eigenvalue weighted by Crippen LogP contribution is -2.38. The van der Waals surface area contributed by atoms with Gasteiger partial charge in [-0.05, 0) is 31.7 Å². The Labute approximate surface area is 97.6 Å². The van der Waals surface area contributed by atoms with E-state index in [1.54, 1.807) is 0 Å². The van der Waals surface area contributed by atoms with Gasteiger partial charge in [0.25, 0.3) is 0 Å². The lowest BCUT2D eigenvalue weighted by atomic mass is 10.1. The third-order valence-corrected chi connectivity index (χ3v) is 3.01. The Balaban J connectivity index is 2.10. The number of ether oxygens (including phenoxy) is 1. The number of carbonyl (C=O) groups is 1. The smallest absolute Gasteiger partial charge is 0.320 e. The Morgan fingerprint density at radius 1 is 1.50 bits per heavy atom. The van der Waals surface area contributed by atoms with E-state index in [0.717, 1.165) is 39.0 Å². The summed E-state index contributed by atoms with van der Waals surface area (Å²) in [5.41, 5.74) is 0. The maximum Gasteiger partial charge on any atom is 0.320 e. The molecule has 0 unspecified atom stereocenters. The van der Waals surface area contributed by atoms with E-state index < -0.39 is 5.97 Å². The summed E-state index contributed by atoms with van der Waals surface area (Å²) in [5.74, 6) is -0.0294. The standard InChI is InChI=1S/C12H23NO3/c1-10(2)5-8-16-9-7-13-6-3-4-11(13)12(14)15/h10-11H,3-9H2,1-2H3,(H,14,15)/t11-/m0/s1. The van der Waals surface area contributed by atoms with E-state index in [9.17, 15) is 4.79 Å². The number of aliphatic carboxylic acids is 1. The predicted molar refractivity (Wildman–Crippen MR) is 62.5 cm³/mol. The van der Waals surface area contributed by atoms with Crippen molar-refractivity contribution in [1.82, 2.24) is 4.90 Å². The predicted octanol–water partition coefficient (Wildman–Crippen LogP) is 1.60. The van der Waals surface area contributed by atoms with Crippen LogP contribution in [-0.2, 0) is 9.53 Å². The molecule has 1 heterocycles. The lowest BCUT2D eigenvalue weighted by Gasteiger charge is -2.20. The van der Waals surface area contributed by atoms with Crippen molar-refractivity contribution in [1.29, 1.82) is 0 Å². The molecule has 0 amide bonds. The van der Waals surface area contributed by atoms with Crippen LogP contribution in [0.4, 0.5) is 0 Å². The number of hydrogen-bond acceptors (Lipinski definition) is 3. The molecule has 0 bridgehead atoms. The first-order chi connectivity index (χ1) is 7.61. The second kappa shape index (κ2) is 6.86. The van der Waals surface area contributed by atoms with Crippen molar-refractivity contribution < 1.29 is 14.6 Å². The number of likely N-dealkylation sites (tertiary alicyclic amines) is 1. The zero-order valence-corrected chi connectivity index (χ0v) is 10.3. The van der Waals surface area contributed by atoms with Gasteiger partial charge in [-0.1, -0.05) is 13.8 Å². The third kappa shape index (κ3) is 4.49. The molecule has 4 nitrogen and oxygen atoms in total. The minimum Gasteiger partial charge on any atom is -0.480 e. The molecule has 0 aromatic rings. The van der Waals surface area contributed by atoms with E-state index in [0.29, 0.717) is 12.5 Å². The van der Waals surface area contributed by atoms with Gasteiger partial charge in [0.2, 0.25) is 0 Å². The number of carboxylic acids is 1. The van der Waals surface area contributed by atoms with Gasteiger partial charge < -0.3 is 9.84 Å². The van der Waals surface area contributed by atoms with Crippen LogP contribution in [0.2, 0.25) is 0 Å². The minimum atomic E-state index is -0.695. The highest BCUT2D eigenvalue weighted by molar-refractivity contribution is 5.73. The lowest BCUT2D eigenvalue weighted by molar-refractivity contribution is -0.142. The zero-order chi connectivity index (χ0) is 12.0. The summed E-state index contributed by atoms with van der Waals surface area (Å²) in [4.78, 5) is 12.9. The summed E-state index contributed by atoms with van der Waals surface area (Å²) >= 11 is 0. The highest BCUT2D eigenvalue weighted by atomic mass is 16.5. The van der Waals surface area contributed by atoms with Gasteiger partial charge in [-0.15, -0.1) is 0 Å². The van der Waals surface area contributed by atoms with Gasteiger partial charge in [0.05, 0.1) is 6.61 Å². The molecule has 1 atom stereocenters. The molecule has 0 aromatic heterocycles. The van der Waals surface area contributed by atoms with Gasteiger partial charge in [-0.25, -0.2) is 0 Å². The summed E-state index contributed by atoms with van der Waals surface area (Å²) in [6, 6.07) is -0.284. The van der Waals surface area contributed by atoms with E-state index in [4.69, 9.17) is 9.84 Å². The van der Waals surface area contributed by atoms with Crippen molar-refractivity contribution >= 4 is 5.97 Å². The minimum absolute atomic E-state index is 0.284. The Bertz CT molecular complexity index is 218. The van der Waals surface area contributed by atoms with Crippen molar-refractivity contribution in [3.63, 3.8) is 0 Å². The highest BCUT2D eigenvalue weighted by Gasteiger charge is 2.29. The van der Waals surface area contributed by atoms with Crippen LogP contribution in [0.5, 0.6) is 0 Å². The highest BCUT2D eigenvalue weighted by Crippen LogP contribution is 2.16. The fraction of sp³-hybridized carbons (Fsp3) is 0.917. The maximum absolute atomic E-state index is 10.9.